The van der Waals surface area contributed by atoms with Gasteiger partial charge in [-0.3, -0.25) is 4.79 Å². The maximum absolute atomic E-state index is 13.0. The van der Waals surface area contributed by atoms with E-state index in [4.69, 9.17) is 10.2 Å². The van der Waals surface area contributed by atoms with Crippen LogP contribution in [0.4, 0.5) is 4.79 Å². The molecule has 2 rings (SSSR count). The summed E-state index contributed by atoms with van der Waals surface area (Å²) in [5.41, 5.74) is 0. The number of thiophene rings is 2. The van der Waals surface area contributed by atoms with Crippen LogP contribution in [-0.4, -0.2) is 39.8 Å². The van der Waals surface area contributed by atoms with Gasteiger partial charge in [0.05, 0.1) is 13.1 Å². The maximum atomic E-state index is 13.0. The molecule has 0 fully saturated rings. The first-order chi connectivity index (χ1) is 12.1. The van der Waals surface area contributed by atoms with E-state index < -0.39 is 12.1 Å². The maximum Gasteiger partial charge on any atom is 0.405 e. The Morgan fingerprint density at radius 2 is 1.68 bits per heavy atom. The largest absolute Gasteiger partial charge is 0.465 e. The Morgan fingerprint density at radius 1 is 1.08 bits per heavy atom. The van der Waals surface area contributed by atoms with E-state index in [9.17, 15) is 9.59 Å². The molecule has 0 unspecified atom stereocenters. The van der Waals surface area contributed by atoms with Gasteiger partial charge in [0.1, 0.15) is 6.04 Å². The Balaban J connectivity index is 2.12. The smallest absolute Gasteiger partial charge is 0.405 e. The average Bonchev–Trinajstić information content (AvgIpc) is 3.26. The highest BCUT2D eigenvalue weighted by Crippen LogP contribution is 2.19. The Hall–Kier alpha value is -1.90. The van der Waals surface area contributed by atoms with Gasteiger partial charge in [-0.1, -0.05) is 12.1 Å². The summed E-state index contributed by atoms with van der Waals surface area (Å²) >= 11 is 3.14. The van der Waals surface area contributed by atoms with E-state index in [0.29, 0.717) is 32.4 Å². The zero-order valence-electron chi connectivity index (χ0n) is 13.8. The number of aliphatic hydroxyl groups excluding tert-OH is 1. The van der Waals surface area contributed by atoms with Crippen molar-refractivity contribution in [3.63, 3.8) is 0 Å². The Morgan fingerprint density at radius 3 is 2.12 bits per heavy atom. The fourth-order valence-corrected chi connectivity index (χ4v) is 3.92. The van der Waals surface area contributed by atoms with Crippen molar-refractivity contribution in [2.24, 2.45) is 0 Å². The lowest BCUT2D eigenvalue weighted by Crippen LogP contribution is -2.47. The number of aliphatic hydroxyl groups is 1. The van der Waals surface area contributed by atoms with Crippen LogP contribution in [0.5, 0.6) is 0 Å². The van der Waals surface area contributed by atoms with Crippen LogP contribution in [0.3, 0.4) is 0 Å². The van der Waals surface area contributed by atoms with Gasteiger partial charge in [-0.25, -0.2) is 4.79 Å². The van der Waals surface area contributed by atoms with E-state index in [1.807, 2.05) is 35.0 Å². The molecule has 0 aliphatic heterocycles. The lowest BCUT2D eigenvalue weighted by atomic mass is 10.1. The number of unbranched alkanes of at least 4 members (excludes halogenated alkanes) is 1. The van der Waals surface area contributed by atoms with Crippen LogP contribution in [0.1, 0.15) is 29.0 Å². The number of carbonyl (C=O) groups is 2. The SMILES string of the molecule is O=C(O)N[C@@H](CCCCO)C(=O)N(Cc1cccs1)Cc1cccs1. The summed E-state index contributed by atoms with van der Waals surface area (Å²) in [5, 5.41) is 24.2. The molecule has 8 heteroatoms. The summed E-state index contributed by atoms with van der Waals surface area (Å²) in [6.07, 6.45) is 0.284. The number of carbonyl (C=O) groups excluding carboxylic acids is 1. The molecular weight excluding hydrogens is 360 g/mol. The average molecular weight is 383 g/mol. The van der Waals surface area contributed by atoms with Gasteiger partial charge in [-0.2, -0.15) is 0 Å². The van der Waals surface area contributed by atoms with Crippen LogP contribution in [0.2, 0.25) is 0 Å². The number of amides is 2. The van der Waals surface area contributed by atoms with Crippen molar-refractivity contribution in [3.8, 4) is 0 Å². The first-order valence-corrected chi connectivity index (χ1v) is 9.80. The summed E-state index contributed by atoms with van der Waals surface area (Å²) in [6.45, 7) is 0.931. The van der Waals surface area contributed by atoms with Gasteiger partial charge in [0, 0.05) is 16.4 Å². The number of hydrogen-bond donors (Lipinski definition) is 3. The van der Waals surface area contributed by atoms with Gasteiger partial charge >= 0.3 is 6.09 Å². The molecule has 0 aliphatic carbocycles. The second-order valence-corrected chi connectivity index (χ2v) is 7.64. The first kappa shape index (κ1) is 19.4. The van der Waals surface area contributed by atoms with E-state index >= 15 is 0 Å². The standard InChI is InChI=1S/C17H22N2O4S2/c20-8-2-1-7-15(18-17(22)23)16(21)19(11-13-5-3-9-24-13)12-14-6-4-10-25-14/h3-6,9-10,15,18,20H,1-2,7-8,11-12H2,(H,22,23)/t15-/m0/s1. The molecule has 3 N–H and O–H groups in total. The molecule has 2 aromatic rings. The molecule has 0 bridgehead atoms. The van der Waals surface area contributed by atoms with Crippen molar-refractivity contribution in [1.29, 1.82) is 0 Å². The van der Waals surface area contributed by atoms with Gasteiger partial charge in [-0.15, -0.1) is 22.7 Å². The van der Waals surface area contributed by atoms with Crippen molar-refractivity contribution in [2.45, 2.75) is 38.4 Å². The lowest BCUT2D eigenvalue weighted by molar-refractivity contribution is -0.134. The molecular formula is C17H22N2O4S2. The van der Waals surface area contributed by atoms with Crippen molar-refractivity contribution in [3.05, 3.63) is 44.8 Å². The van der Waals surface area contributed by atoms with Crippen molar-refractivity contribution >= 4 is 34.7 Å². The van der Waals surface area contributed by atoms with E-state index in [2.05, 4.69) is 5.32 Å². The number of carboxylic acid groups (broad SMARTS) is 1. The molecule has 25 heavy (non-hydrogen) atoms. The Bertz CT molecular complexity index is 607. The minimum Gasteiger partial charge on any atom is -0.465 e. The van der Waals surface area contributed by atoms with Crippen LogP contribution in [-0.2, 0) is 17.9 Å². The third kappa shape index (κ3) is 6.49. The Kier molecular flexibility index (Phi) is 7.90. The molecule has 0 radical (unpaired) electrons. The molecule has 1 atom stereocenters. The Labute approximate surface area is 154 Å². The van der Waals surface area contributed by atoms with Gasteiger partial charge in [0.2, 0.25) is 5.91 Å². The predicted octanol–water partition coefficient (Wildman–Crippen LogP) is 3.14. The van der Waals surface area contributed by atoms with Gasteiger partial charge in [0.15, 0.2) is 0 Å². The zero-order chi connectivity index (χ0) is 18.1. The fraction of sp³-hybridized carbons (Fsp3) is 0.412. The summed E-state index contributed by atoms with van der Waals surface area (Å²) in [5.74, 6) is -0.234. The zero-order valence-corrected chi connectivity index (χ0v) is 15.4. The molecule has 136 valence electrons. The van der Waals surface area contributed by atoms with Crippen LogP contribution in [0, 0.1) is 0 Å². The molecule has 2 heterocycles. The topological polar surface area (TPSA) is 89.9 Å². The molecule has 2 amide bonds. The first-order valence-electron chi connectivity index (χ1n) is 8.04. The quantitative estimate of drug-likeness (QED) is 0.551. The fourth-order valence-electron chi connectivity index (χ4n) is 2.48. The summed E-state index contributed by atoms with van der Waals surface area (Å²) in [7, 11) is 0. The highest BCUT2D eigenvalue weighted by Gasteiger charge is 2.26. The highest BCUT2D eigenvalue weighted by atomic mass is 32.1. The lowest BCUT2D eigenvalue weighted by Gasteiger charge is -2.27. The second-order valence-electron chi connectivity index (χ2n) is 5.57. The molecule has 0 aromatic carbocycles. The van der Waals surface area contributed by atoms with Gasteiger partial charge in [-0.05, 0) is 42.2 Å². The number of nitrogens with zero attached hydrogens (tertiary/aromatic N) is 1. The predicted molar refractivity (Wildman–Crippen MR) is 98.8 cm³/mol. The van der Waals surface area contributed by atoms with Crippen molar-refractivity contribution in [1.82, 2.24) is 10.2 Å². The number of nitrogens with one attached hydrogen (secondary N) is 1. The number of rotatable bonds is 10. The van der Waals surface area contributed by atoms with Crippen LogP contribution < -0.4 is 5.32 Å². The summed E-state index contributed by atoms with van der Waals surface area (Å²) in [4.78, 5) is 27.8. The molecule has 2 aromatic heterocycles. The van der Waals surface area contributed by atoms with Crippen LogP contribution >= 0.6 is 22.7 Å². The molecule has 0 saturated heterocycles. The molecule has 6 nitrogen and oxygen atoms in total. The monoisotopic (exact) mass is 382 g/mol. The van der Waals surface area contributed by atoms with Gasteiger partial charge < -0.3 is 20.4 Å². The van der Waals surface area contributed by atoms with E-state index in [0.717, 1.165) is 9.75 Å². The normalized spacial score (nSPS) is 11.9. The third-order valence-electron chi connectivity index (χ3n) is 3.66. The second kappa shape index (κ2) is 10.2. The van der Waals surface area contributed by atoms with Crippen molar-refractivity contribution in [2.75, 3.05) is 6.61 Å². The molecule has 0 aliphatic rings. The third-order valence-corrected chi connectivity index (χ3v) is 5.38. The minimum absolute atomic E-state index is 0.0298. The molecule has 0 saturated carbocycles. The van der Waals surface area contributed by atoms with Crippen LogP contribution in [0.25, 0.3) is 0 Å². The van der Waals surface area contributed by atoms with Gasteiger partial charge in [0.25, 0.3) is 0 Å². The number of hydrogen-bond acceptors (Lipinski definition) is 5. The van der Waals surface area contributed by atoms with E-state index in [1.54, 1.807) is 27.6 Å². The van der Waals surface area contributed by atoms with E-state index in [1.165, 1.54) is 0 Å². The van der Waals surface area contributed by atoms with Crippen LogP contribution in [0.15, 0.2) is 35.0 Å². The summed E-state index contributed by atoms with van der Waals surface area (Å²) < 4.78 is 0. The van der Waals surface area contributed by atoms with Crippen molar-refractivity contribution < 1.29 is 19.8 Å². The molecule has 0 spiro atoms. The minimum atomic E-state index is -1.21. The van der Waals surface area contributed by atoms with E-state index in [-0.39, 0.29) is 12.5 Å². The highest BCUT2D eigenvalue weighted by molar-refractivity contribution is 7.10. The summed E-state index contributed by atoms with van der Waals surface area (Å²) in [6, 6.07) is 6.99.